The molecule has 2 aliphatic rings. The number of hydrogen-bond acceptors (Lipinski definition) is 10. The van der Waals surface area contributed by atoms with Crippen LogP contribution in [0.15, 0.2) is 24.3 Å². The van der Waals surface area contributed by atoms with Crippen LogP contribution in [0, 0.1) is 22.6 Å². The van der Waals surface area contributed by atoms with E-state index in [9.17, 15) is 9.65 Å². The van der Waals surface area contributed by atoms with Gasteiger partial charge in [0, 0.05) is 44.2 Å². The van der Waals surface area contributed by atoms with Crippen molar-refractivity contribution in [2.45, 2.75) is 13.3 Å². The van der Waals surface area contributed by atoms with Gasteiger partial charge in [0.25, 0.3) is 0 Å². The average molecular weight is 527 g/mol. The lowest BCUT2D eigenvalue weighted by Crippen LogP contribution is -2.70. The number of hydrogen-bond donors (Lipinski definition) is 0. The fourth-order valence-corrected chi connectivity index (χ4v) is 7.39. The minimum Gasteiger partial charge on any atom is -0.345 e. The van der Waals surface area contributed by atoms with Gasteiger partial charge in [-0.15, -0.1) is 5.10 Å². The second-order valence-electron chi connectivity index (χ2n) is 9.00. The minimum atomic E-state index is -0.319. The summed E-state index contributed by atoms with van der Waals surface area (Å²) in [6, 6.07) is 8.31. The third kappa shape index (κ3) is 3.69. The lowest BCUT2D eigenvalue weighted by molar-refractivity contribution is 0.0479. The molecule has 8 nitrogen and oxygen atoms in total. The van der Waals surface area contributed by atoms with Gasteiger partial charge < -0.3 is 9.80 Å². The second kappa shape index (κ2) is 8.44. The van der Waals surface area contributed by atoms with E-state index in [1.807, 2.05) is 28.4 Å². The van der Waals surface area contributed by atoms with Gasteiger partial charge in [0.2, 0.25) is 10.1 Å². The average Bonchev–Trinajstić information content (AvgIpc) is 3.50. The molecule has 1 aromatic carbocycles. The number of aromatic nitrogens is 4. The number of aryl methyl sites for hydroxylation is 1. The highest BCUT2D eigenvalue weighted by molar-refractivity contribution is 7.96. The van der Waals surface area contributed by atoms with Crippen molar-refractivity contribution in [1.82, 2.24) is 23.9 Å². The van der Waals surface area contributed by atoms with Crippen LogP contribution in [-0.2, 0) is 6.42 Å². The number of imidazole rings is 1. The summed E-state index contributed by atoms with van der Waals surface area (Å²) in [5.41, 5.74) is 2.62. The van der Waals surface area contributed by atoms with E-state index in [-0.39, 0.29) is 5.82 Å². The van der Waals surface area contributed by atoms with Gasteiger partial charge in [-0.2, -0.15) is 9.78 Å². The lowest BCUT2D eigenvalue weighted by Gasteiger charge is -2.59. The molecule has 0 unspecified atom stereocenters. The summed E-state index contributed by atoms with van der Waals surface area (Å²) >= 11 is 4.74. The first-order valence-corrected chi connectivity index (χ1v) is 14.1. The zero-order valence-corrected chi connectivity index (χ0v) is 22.0. The molecule has 180 valence electrons. The lowest BCUT2D eigenvalue weighted by atomic mass is 9.75. The summed E-state index contributed by atoms with van der Waals surface area (Å²) in [6.07, 6.45) is 2.89. The van der Waals surface area contributed by atoms with E-state index in [2.05, 4.69) is 28.5 Å². The van der Waals surface area contributed by atoms with Crippen LogP contribution in [0.4, 0.5) is 20.5 Å². The Morgan fingerprint density at radius 2 is 1.91 bits per heavy atom. The molecule has 2 saturated heterocycles. The third-order valence-electron chi connectivity index (χ3n) is 6.62. The summed E-state index contributed by atoms with van der Waals surface area (Å²) in [4.78, 5) is 15.3. The fourth-order valence-electron chi connectivity index (χ4n) is 4.82. The zero-order chi connectivity index (χ0) is 24.3. The summed E-state index contributed by atoms with van der Waals surface area (Å²) in [5.74, 6) is 0.543. The highest BCUT2D eigenvalue weighted by Gasteiger charge is 2.52. The molecule has 12 heteroatoms. The van der Waals surface area contributed by atoms with Crippen molar-refractivity contribution in [3.8, 4) is 17.3 Å². The van der Waals surface area contributed by atoms with E-state index in [1.165, 1.54) is 23.5 Å². The molecule has 35 heavy (non-hydrogen) atoms. The quantitative estimate of drug-likeness (QED) is 0.336. The molecule has 2 fully saturated rings. The monoisotopic (exact) mass is 526 g/mol. The predicted molar refractivity (Wildman–Crippen MR) is 140 cm³/mol. The molecule has 3 aromatic heterocycles. The molecule has 0 saturated carbocycles. The standard InChI is InChI=1S/C23H23FN8S3/c1-4-16-19(29(2)20-27-18(17(9-25)34-20)14-5-7-15(24)8-6-14)32-21(26-16)35-22(28-32)30-10-23(11-30)12-31(13-23)33-3/h5-8H,4,10-13H2,1-3H3. The maximum Gasteiger partial charge on any atom is 0.216 e. The number of fused-ring (bicyclic) bond motifs is 1. The van der Waals surface area contributed by atoms with E-state index < -0.39 is 0 Å². The van der Waals surface area contributed by atoms with Crippen molar-refractivity contribution in [2.75, 3.05) is 49.3 Å². The van der Waals surface area contributed by atoms with Crippen molar-refractivity contribution in [1.29, 1.82) is 5.26 Å². The Balaban J connectivity index is 1.31. The zero-order valence-electron chi connectivity index (χ0n) is 19.5. The summed E-state index contributed by atoms with van der Waals surface area (Å²) < 4.78 is 17.7. The van der Waals surface area contributed by atoms with Gasteiger partial charge in [-0.3, -0.25) is 0 Å². The van der Waals surface area contributed by atoms with Crippen molar-refractivity contribution in [2.24, 2.45) is 5.41 Å². The highest BCUT2D eigenvalue weighted by Crippen LogP contribution is 2.45. The number of thiazole rings is 1. The van der Waals surface area contributed by atoms with E-state index in [0.29, 0.717) is 26.7 Å². The Kier molecular flexibility index (Phi) is 5.48. The van der Waals surface area contributed by atoms with Crippen LogP contribution in [-0.4, -0.2) is 63.4 Å². The first-order valence-electron chi connectivity index (χ1n) is 11.3. The van der Waals surface area contributed by atoms with Crippen LogP contribution < -0.4 is 9.80 Å². The molecule has 0 amide bonds. The number of nitriles is 1. The number of nitrogens with zero attached hydrogens (tertiary/aromatic N) is 8. The van der Waals surface area contributed by atoms with Gasteiger partial charge >= 0.3 is 0 Å². The van der Waals surface area contributed by atoms with Crippen molar-refractivity contribution in [3.05, 3.63) is 40.7 Å². The molecular weight excluding hydrogens is 504 g/mol. The molecule has 0 bridgehead atoms. The molecule has 0 atom stereocenters. The maximum absolute atomic E-state index is 13.4. The van der Waals surface area contributed by atoms with Gasteiger partial charge in [0.05, 0.1) is 5.69 Å². The van der Waals surface area contributed by atoms with Gasteiger partial charge in [-0.25, -0.2) is 18.7 Å². The van der Waals surface area contributed by atoms with Crippen molar-refractivity contribution >= 4 is 55.7 Å². The topological polar surface area (TPSA) is 76.6 Å². The van der Waals surface area contributed by atoms with Crippen LogP contribution in [0.3, 0.4) is 0 Å². The summed E-state index contributed by atoms with van der Waals surface area (Å²) in [7, 11) is 1.93. The van der Waals surface area contributed by atoms with Crippen molar-refractivity contribution < 1.29 is 4.39 Å². The molecule has 0 N–H and O–H groups in total. The van der Waals surface area contributed by atoms with E-state index in [1.54, 1.807) is 23.5 Å². The van der Waals surface area contributed by atoms with Gasteiger partial charge in [0.15, 0.2) is 10.9 Å². The number of rotatable bonds is 6. The molecular formula is C23H23FN8S3. The van der Waals surface area contributed by atoms with E-state index in [4.69, 9.17) is 15.1 Å². The molecule has 2 aliphatic heterocycles. The van der Waals surface area contributed by atoms with E-state index in [0.717, 1.165) is 54.2 Å². The van der Waals surface area contributed by atoms with Crippen molar-refractivity contribution in [3.63, 3.8) is 0 Å². The Bertz CT molecular complexity index is 1440. The normalized spacial score (nSPS) is 16.9. The number of halogens is 1. The van der Waals surface area contributed by atoms with Crippen LogP contribution in [0.5, 0.6) is 0 Å². The summed E-state index contributed by atoms with van der Waals surface area (Å²) in [6.45, 7) is 6.42. The summed E-state index contributed by atoms with van der Waals surface area (Å²) in [5, 5.41) is 16.3. The maximum atomic E-state index is 13.4. The third-order valence-corrected chi connectivity index (χ3v) is 9.40. The molecule has 0 aliphatic carbocycles. The smallest absolute Gasteiger partial charge is 0.216 e. The first-order chi connectivity index (χ1) is 16.9. The predicted octanol–water partition coefficient (Wildman–Crippen LogP) is 4.66. The first kappa shape index (κ1) is 22.7. The Morgan fingerprint density at radius 1 is 1.17 bits per heavy atom. The minimum absolute atomic E-state index is 0.319. The van der Waals surface area contributed by atoms with E-state index >= 15 is 0 Å². The van der Waals surface area contributed by atoms with Gasteiger partial charge in [-0.05, 0) is 36.9 Å². The molecule has 5 heterocycles. The molecule has 0 radical (unpaired) electrons. The Labute approximate surface area is 214 Å². The Morgan fingerprint density at radius 3 is 2.57 bits per heavy atom. The number of anilines is 3. The van der Waals surface area contributed by atoms with Crippen LogP contribution in [0.2, 0.25) is 0 Å². The Hall–Kier alpha value is -2.72. The van der Waals surface area contributed by atoms with Crippen LogP contribution in [0.25, 0.3) is 16.2 Å². The fraction of sp³-hybridized carbons (Fsp3) is 0.391. The van der Waals surface area contributed by atoms with Gasteiger partial charge in [0.1, 0.15) is 22.5 Å². The van der Waals surface area contributed by atoms with Gasteiger partial charge in [-0.1, -0.05) is 41.5 Å². The second-order valence-corrected chi connectivity index (χ2v) is 11.8. The molecule has 6 rings (SSSR count). The largest absolute Gasteiger partial charge is 0.345 e. The molecule has 1 spiro atoms. The SMILES string of the molecule is CCc1nc2sc(N3CC4(CN(SC)C4)C3)nn2c1N(C)c1nc(-c2ccc(F)cc2)c(C#N)s1. The molecule has 4 aromatic rings. The van der Waals surface area contributed by atoms with Crippen LogP contribution in [0.1, 0.15) is 17.5 Å². The highest BCUT2D eigenvalue weighted by atomic mass is 32.2. The number of benzene rings is 1. The van der Waals surface area contributed by atoms with Crippen LogP contribution >= 0.6 is 34.6 Å².